The number of benzene rings is 1. The van der Waals surface area contributed by atoms with Gasteiger partial charge in [-0.15, -0.1) is 0 Å². The highest BCUT2D eigenvalue weighted by atomic mass is 16.5. The first-order valence-electron chi connectivity index (χ1n) is 8.12. The molecule has 1 N–H and O–H groups in total. The molecule has 0 bridgehead atoms. The van der Waals surface area contributed by atoms with Crippen LogP contribution in [0.15, 0.2) is 24.3 Å². The summed E-state index contributed by atoms with van der Waals surface area (Å²) in [6.45, 7) is 0.929. The van der Waals surface area contributed by atoms with Gasteiger partial charge < -0.3 is 19.6 Å². The molecule has 2 fully saturated rings. The third kappa shape index (κ3) is 3.34. The summed E-state index contributed by atoms with van der Waals surface area (Å²) in [5, 5.41) is 9.13. The first kappa shape index (κ1) is 16.3. The molecule has 0 spiro atoms. The van der Waals surface area contributed by atoms with Crippen molar-refractivity contribution in [2.24, 2.45) is 0 Å². The Morgan fingerprint density at radius 3 is 2.79 bits per heavy atom. The summed E-state index contributed by atoms with van der Waals surface area (Å²) in [5.74, 6) is -0.728. The SMILES string of the molecule is O=C(O)[C@@H]1CCCN1C(=O)COc1cccc(N2CCCC2=O)c1. The number of hydrogen-bond donors (Lipinski definition) is 1. The van der Waals surface area contributed by atoms with Gasteiger partial charge in [0.05, 0.1) is 0 Å². The van der Waals surface area contributed by atoms with E-state index in [0.29, 0.717) is 38.1 Å². The summed E-state index contributed by atoms with van der Waals surface area (Å²) in [6.07, 6.45) is 2.56. The molecule has 2 aliphatic rings. The highest BCUT2D eigenvalue weighted by Crippen LogP contribution is 2.25. The molecule has 0 radical (unpaired) electrons. The van der Waals surface area contributed by atoms with E-state index in [-0.39, 0.29) is 18.4 Å². The highest BCUT2D eigenvalue weighted by molar-refractivity contribution is 5.95. The lowest BCUT2D eigenvalue weighted by Crippen LogP contribution is -2.42. The Balaban J connectivity index is 1.61. The predicted molar refractivity (Wildman–Crippen MR) is 85.9 cm³/mol. The minimum atomic E-state index is -0.976. The number of carboxylic acid groups (broad SMARTS) is 1. The van der Waals surface area contributed by atoms with E-state index in [0.717, 1.165) is 12.1 Å². The van der Waals surface area contributed by atoms with E-state index in [9.17, 15) is 14.4 Å². The maximum atomic E-state index is 12.2. The molecule has 7 heteroatoms. The van der Waals surface area contributed by atoms with Gasteiger partial charge in [-0.3, -0.25) is 9.59 Å². The minimum absolute atomic E-state index is 0.0876. The molecular formula is C17H20N2O5. The number of carbonyl (C=O) groups excluding carboxylic acids is 2. The van der Waals surface area contributed by atoms with Crippen LogP contribution >= 0.6 is 0 Å². The Hall–Kier alpha value is -2.57. The van der Waals surface area contributed by atoms with Crippen LogP contribution in [0, 0.1) is 0 Å². The van der Waals surface area contributed by atoms with Crippen molar-refractivity contribution < 1.29 is 24.2 Å². The number of rotatable bonds is 5. The van der Waals surface area contributed by atoms with Gasteiger partial charge in [0, 0.05) is 31.3 Å². The monoisotopic (exact) mass is 332 g/mol. The van der Waals surface area contributed by atoms with E-state index >= 15 is 0 Å². The van der Waals surface area contributed by atoms with Crippen molar-refractivity contribution >= 4 is 23.5 Å². The van der Waals surface area contributed by atoms with Crippen molar-refractivity contribution in [2.75, 3.05) is 24.6 Å². The molecule has 128 valence electrons. The fourth-order valence-electron chi connectivity index (χ4n) is 3.21. The molecule has 1 aromatic rings. The van der Waals surface area contributed by atoms with Crippen LogP contribution in [-0.2, 0) is 14.4 Å². The first-order valence-corrected chi connectivity index (χ1v) is 8.12. The van der Waals surface area contributed by atoms with Crippen molar-refractivity contribution in [3.05, 3.63) is 24.3 Å². The third-order valence-corrected chi connectivity index (χ3v) is 4.42. The van der Waals surface area contributed by atoms with E-state index in [1.165, 1.54) is 4.90 Å². The molecular weight excluding hydrogens is 312 g/mol. The van der Waals surface area contributed by atoms with Crippen LogP contribution in [0.25, 0.3) is 0 Å². The van der Waals surface area contributed by atoms with E-state index in [4.69, 9.17) is 9.84 Å². The van der Waals surface area contributed by atoms with Crippen molar-refractivity contribution in [3.8, 4) is 5.75 Å². The maximum Gasteiger partial charge on any atom is 0.326 e. The number of ether oxygens (including phenoxy) is 1. The number of amides is 2. The van der Waals surface area contributed by atoms with Crippen molar-refractivity contribution in [3.63, 3.8) is 0 Å². The maximum absolute atomic E-state index is 12.2. The summed E-state index contributed by atoms with van der Waals surface area (Å²) in [4.78, 5) is 38.2. The third-order valence-electron chi connectivity index (χ3n) is 4.42. The summed E-state index contributed by atoms with van der Waals surface area (Å²) in [5.41, 5.74) is 0.757. The van der Waals surface area contributed by atoms with Crippen LogP contribution in [0.3, 0.4) is 0 Å². The van der Waals surface area contributed by atoms with Gasteiger partial charge in [-0.05, 0) is 31.4 Å². The fourth-order valence-corrected chi connectivity index (χ4v) is 3.21. The van der Waals surface area contributed by atoms with Crippen molar-refractivity contribution in [1.29, 1.82) is 0 Å². The zero-order valence-corrected chi connectivity index (χ0v) is 13.3. The number of carbonyl (C=O) groups is 3. The molecule has 2 amide bonds. The van der Waals surface area contributed by atoms with Crippen LogP contribution in [0.4, 0.5) is 5.69 Å². The minimum Gasteiger partial charge on any atom is -0.484 e. The van der Waals surface area contributed by atoms with E-state index in [1.54, 1.807) is 23.1 Å². The predicted octanol–water partition coefficient (Wildman–Crippen LogP) is 1.27. The first-order chi connectivity index (χ1) is 11.6. The fraction of sp³-hybridized carbons (Fsp3) is 0.471. The Morgan fingerprint density at radius 2 is 2.08 bits per heavy atom. The topological polar surface area (TPSA) is 87.2 Å². The van der Waals surface area contributed by atoms with E-state index in [2.05, 4.69) is 0 Å². The van der Waals surface area contributed by atoms with Crippen molar-refractivity contribution in [2.45, 2.75) is 31.7 Å². The number of carboxylic acids is 1. The van der Waals surface area contributed by atoms with E-state index in [1.807, 2.05) is 6.07 Å². The van der Waals surface area contributed by atoms with Gasteiger partial charge in [0.2, 0.25) is 5.91 Å². The number of hydrogen-bond acceptors (Lipinski definition) is 4. The Labute approximate surface area is 139 Å². The van der Waals surface area contributed by atoms with Gasteiger partial charge in [0.25, 0.3) is 5.91 Å². The highest BCUT2D eigenvalue weighted by Gasteiger charge is 2.34. The van der Waals surface area contributed by atoms with Crippen LogP contribution in [0.2, 0.25) is 0 Å². The molecule has 3 rings (SSSR count). The molecule has 0 saturated carbocycles. The molecule has 7 nitrogen and oxygen atoms in total. The normalized spacial score (nSPS) is 20.5. The summed E-state index contributed by atoms with van der Waals surface area (Å²) in [7, 11) is 0. The molecule has 0 unspecified atom stereocenters. The number of likely N-dealkylation sites (tertiary alicyclic amines) is 1. The second-order valence-corrected chi connectivity index (χ2v) is 6.02. The average molecular weight is 332 g/mol. The second-order valence-electron chi connectivity index (χ2n) is 6.02. The molecule has 1 aromatic carbocycles. The number of nitrogens with zero attached hydrogens (tertiary/aromatic N) is 2. The van der Waals surface area contributed by atoms with Gasteiger partial charge in [-0.2, -0.15) is 0 Å². The molecule has 0 aromatic heterocycles. The van der Waals surface area contributed by atoms with E-state index < -0.39 is 12.0 Å². The number of anilines is 1. The van der Waals surface area contributed by atoms with Gasteiger partial charge in [-0.25, -0.2) is 4.79 Å². The molecule has 2 aliphatic heterocycles. The standard InChI is InChI=1S/C17H20N2O5/c20-15-7-3-8-18(15)12-4-1-5-13(10-12)24-11-16(21)19-9-2-6-14(19)17(22)23/h1,4-5,10,14H,2-3,6-9,11H2,(H,22,23)/t14-/m0/s1. The Morgan fingerprint density at radius 1 is 1.25 bits per heavy atom. The lowest BCUT2D eigenvalue weighted by molar-refractivity contribution is -0.148. The van der Waals surface area contributed by atoms with Crippen LogP contribution in [-0.4, -0.2) is 53.5 Å². The van der Waals surface area contributed by atoms with Gasteiger partial charge in [0.15, 0.2) is 6.61 Å². The van der Waals surface area contributed by atoms with Gasteiger partial charge in [-0.1, -0.05) is 6.07 Å². The lowest BCUT2D eigenvalue weighted by atomic mass is 10.2. The van der Waals surface area contributed by atoms with Gasteiger partial charge in [0.1, 0.15) is 11.8 Å². The molecule has 1 atom stereocenters. The lowest BCUT2D eigenvalue weighted by Gasteiger charge is -2.21. The smallest absolute Gasteiger partial charge is 0.326 e. The zero-order valence-electron chi connectivity index (χ0n) is 13.3. The Bertz CT molecular complexity index is 660. The molecule has 2 saturated heterocycles. The molecule has 2 heterocycles. The number of aliphatic carboxylic acids is 1. The van der Waals surface area contributed by atoms with Crippen LogP contribution in [0.5, 0.6) is 5.75 Å². The summed E-state index contributed by atoms with van der Waals surface area (Å²) in [6, 6.07) is 6.30. The molecule has 24 heavy (non-hydrogen) atoms. The second kappa shape index (κ2) is 6.90. The van der Waals surface area contributed by atoms with Gasteiger partial charge >= 0.3 is 5.97 Å². The van der Waals surface area contributed by atoms with Crippen molar-refractivity contribution in [1.82, 2.24) is 4.90 Å². The summed E-state index contributed by atoms with van der Waals surface area (Å²) >= 11 is 0. The molecule has 0 aliphatic carbocycles. The quantitative estimate of drug-likeness (QED) is 0.877. The largest absolute Gasteiger partial charge is 0.484 e. The Kier molecular flexibility index (Phi) is 4.69. The van der Waals surface area contributed by atoms with Crippen LogP contribution in [0.1, 0.15) is 25.7 Å². The zero-order chi connectivity index (χ0) is 17.1. The average Bonchev–Trinajstić information content (AvgIpc) is 3.21. The van der Waals surface area contributed by atoms with Crippen LogP contribution < -0.4 is 9.64 Å². The summed E-state index contributed by atoms with van der Waals surface area (Å²) < 4.78 is 5.52.